The lowest BCUT2D eigenvalue weighted by Gasteiger charge is -2.32. The molecule has 0 spiro atoms. The number of ether oxygens (including phenoxy) is 1. The Balaban J connectivity index is 1.96. The molecule has 1 aromatic rings. The van der Waals surface area contributed by atoms with Crippen LogP contribution in [0.4, 0.5) is 0 Å². The second-order valence-corrected chi connectivity index (χ2v) is 5.51. The van der Waals surface area contributed by atoms with Crippen LogP contribution < -0.4 is 10.5 Å². The van der Waals surface area contributed by atoms with Crippen molar-refractivity contribution in [2.24, 2.45) is 5.73 Å². The Labute approximate surface area is 116 Å². The molecule has 1 aliphatic rings. The molecule has 1 aromatic carbocycles. The topological polar surface area (TPSA) is 38.5 Å². The Morgan fingerprint density at radius 1 is 1.32 bits per heavy atom. The van der Waals surface area contributed by atoms with Crippen molar-refractivity contribution < 1.29 is 4.74 Å². The van der Waals surface area contributed by atoms with Gasteiger partial charge in [0.1, 0.15) is 5.75 Å². The van der Waals surface area contributed by atoms with E-state index in [0.717, 1.165) is 31.7 Å². The highest BCUT2D eigenvalue weighted by Gasteiger charge is 2.22. The fraction of sp³-hybridized carbons (Fsp3) is 0.625. The van der Waals surface area contributed by atoms with Crippen molar-refractivity contribution in [2.45, 2.75) is 38.1 Å². The molecule has 0 heterocycles. The third-order valence-electron chi connectivity index (χ3n) is 4.20. The van der Waals surface area contributed by atoms with Gasteiger partial charge in [0.2, 0.25) is 0 Å². The van der Waals surface area contributed by atoms with Gasteiger partial charge in [0.15, 0.2) is 0 Å². The molecule has 0 amide bonds. The first kappa shape index (κ1) is 14.4. The summed E-state index contributed by atoms with van der Waals surface area (Å²) < 4.78 is 5.33. The fourth-order valence-corrected chi connectivity index (χ4v) is 2.91. The molecular weight excluding hydrogens is 236 g/mol. The van der Waals surface area contributed by atoms with Crippen molar-refractivity contribution in [3.05, 3.63) is 29.3 Å². The first-order valence-corrected chi connectivity index (χ1v) is 7.30. The molecule has 2 N–H and O–H groups in total. The van der Waals surface area contributed by atoms with Crippen molar-refractivity contribution in [1.29, 1.82) is 0 Å². The molecule has 0 saturated heterocycles. The minimum absolute atomic E-state index is 0.664. The van der Waals surface area contributed by atoms with Gasteiger partial charge in [-0.1, -0.05) is 6.07 Å². The molecule has 0 radical (unpaired) electrons. The Bertz CT molecular complexity index is 406. The minimum Gasteiger partial charge on any atom is -0.497 e. The molecule has 19 heavy (non-hydrogen) atoms. The van der Waals surface area contributed by atoms with Gasteiger partial charge in [-0.3, -0.25) is 0 Å². The van der Waals surface area contributed by atoms with Crippen LogP contribution in [0.5, 0.6) is 5.75 Å². The molecule has 2 rings (SSSR count). The van der Waals surface area contributed by atoms with E-state index in [4.69, 9.17) is 10.5 Å². The average Bonchev–Trinajstić information content (AvgIpc) is 2.46. The van der Waals surface area contributed by atoms with Crippen molar-refractivity contribution in [3.8, 4) is 5.75 Å². The van der Waals surface area contributed by atoms with Crippen LogP contribution in [0.25, 0.3) is 0 Å². The maximum absolute atomic E-state index is 5.56. The molecule has 0 unspecified atom stereocenters. The Hall–Kier alpha value is -1.06. The summed E-state index contributed by atoms with van der Waals surface area (Å²) in [6.07, 6.45) is 5.92. The molecule has 0 bridgehead atoms. The lowest BCUT2D eigenvalue weighted by atomic mass is 9.87. The Morgan fingerprint density at radius 2 is 2.16 bits per heavy atom. The molecule has 3 nitrogen and oxygen atoms in total. The van der Waals surface area contributed by atoms with Crippen LogP contribution in [0.15, 0.2) is 18.2 Å². The second kappa shape index (κ2) is 6.92. The van der Waals surface area contributed by atoms with Crippen LogP contribution in [-0.4, -0.2) is 38.2 Å². The summed E-state index contributed by atoms with van der Waals surface area (Å²) >= 11 is 0. The molecule has 1 atom stereocenters. The van der Waals surface area contributed by atoms with Crippen LogP contribution in [-0.2, 0) is 12.8 Å². The molecule has 0 saturated carbocycles. The number of rotatable bonds is 6. The molecule has 0 aromatic heterocycles. The number of unbranched alkanes of at least 4 members (excludes halogenated alkanes) is 1. The number of hydrogen-bond acceptors (Lipinski definition) is 3. The van der Waals surface area contributed by atoms with Gasteiger partial charge in [-0.05, 0) is 75.5 Å². The molecule has 1 aliphatic carbocycles. The van der Waals surface area contributed by atoms with E-state index in [1.165, 1.54) is 30.4 Å². The molecular formula is C16H26N2O. The van der Waals surface area contributed by atoms with E-state index in [-0.39, 0.29) is 0 Å². The SMILES string of the molecule is COc1ccc2c(c1)C[C@H](N(C)CCCCN)CC2. The Kier molecular flexibility index (Phi) is 5.23. The standard InChI is InChI=1S/C16H26N2O/c1-18(10-4-3-9-17)15-7-5-13-6-8-16(19-2)12-14(13)11-15/h6,8,12,15H,3-5,7,9-11,17H2,1-2H3/t15-/m1/s1. The number of likely N-dealkylation sites (N-methyl/N-ethyl adjacent to an activating group) is 1. The van der Waals surface area contributed by atoms with Crippen molar-refractivity contribution in [1.82, 2.24) is 4.90 Å². The van der Waals surface area contributed by atoms with Gasteiger partial charge >= 0.3 is 0 Å². The summed E-state index contributed by atoms with van der Waals surface area (Å²) in [4.78, 5) is 2.50. The molecule has 0 aliphatic heterocycles. The largest absolute Gasteiger partial charge is 0.497 e. The lowest BCUT2D eigenvalue weighted by Crippen LogP contribution is -2.37. The van der Waals surface area contributed by atoms with Gasteiger partial charge in [-0.25, -0.2) is 0 Å². The van der Waals surface area contributed by atoms with Crippen LogP contribution in [0.2, 0.25) is 0 Å². The zero-order valence-corrected chi connectivity index (χ0v) is 12.2. The van der Waals surface area contributed by atoms with Gasteiger partial charge < -0.3 is 15.4 Å². The number of nitrogens with zero attached hydrogens (tertiary/aromatic N) is 1. The predicted molar refractivity (Wildman–Crippen MR) is 79.7 cm³/mol. The predicted octanol–water partition coefficient (Wildman–Crippen LogP) is 2.22. The zero-order valence-electron chi connectivity index (χ0n) is 12.2. The number of fused-ring (bicyclic) bond motifs is 1. The van der Waals surface area contributed by atoms with E-state index < -0.39 is 0 Å². The number of benzene rings is 1. The van der Waals surface area contributed by atoms with E-state index in [0.29, 0.717) is 6.04 Å². The van der Waals surface area contributed by atoms with Crippen molar-refractivity contribution >= 4 is 0 Å². The van der Waals surface area contributed by atoms with Gasteiger partial charge in [0.05, 0.1) is 7.11 Å². The maximum atomic E-state index is 5.56. The minimum atomic E-state index is 0.664. The summed E-state index contributed by atoms with van der Waals surface area (Å²) in [6, 6.07) is 7.16. The summed E-state index contributed by atoms with van der Waals surface area (Å²) in [5.41, 5.74) is 8.51. The lowest BCUT2D eigenvalue weighted by molar-refractivity contribution is 0.218. The molecule has 0 fully saturated rings. The van der Waals surface area contributed by atoms with Crippen LogP contribution in [0, 0.1) is 0 Å². The summed E-state index contributed by atoms with van der Waals surface area (Å²) in [5, 5.41) is 0. The highest BCUT2D eigenvalue weighted by Crippen LogP contribution is 2.27. The van der Waals surface area contributed by atoms with E-state index >= 15 is 0 Å². The fourth-order valence-electron chi connectivity index (χ4n) is 2.91. The number of aryl methyl sites for hydroxylation is 1. The number of hydrogen-bond donors (Lipinski definition) is 1. The maximum Gasteiger partial charge on any atom is 0.119 e. The third-order valence-corrected chi connectivity index (χ3v) is 4.20. The first-order valence-electron chi connectivity index (χ1n) is 7.30. The van der Waals surface area contributed by atoms with Crippen molar-refractivity contribution in [3.63, 3.8) is 0 Å². The monoisotopic (exact) mass is 262 g/mol. The molecule has 106 valence electrons. The van der Waals surface area contributed by atoms with Crippen LogP contribution in [0.3, 0.4) is 0 Å². The Morgan fingerprint density at radius 3 is 2.89 bits per heavy atom. The van der Waals surface area contributed by atoms with E-state index in [1.807, 2.05) is 0 Å². The van der Waals surface area contributed by atoms with Gasteiger partial charge in [-0.2, -0.15) is 0 Å². The van der Waals surface area contributed by atoms with Crippen molar-refractivity contribution in [2.75, 3.05) is 27.2 Å². The smallest absolute Gasteiger partial charge is 0.119 e. The van der Waals surface area contributed by atoms with Gasteiger partial charge in [0, 0.05) is 6.04 Å². The van der Waals surface area contributed by atoms with Crippen LogP contribution in [0.1, 0.15) is 30.4 Å². The van der Waals surface area contributed by atoms with Gasteiger partial charge in [0.25, 0.3) is 0 Å². The normalized spacial score (nSPS) is 18.4. The second-order valence-electron chi connectivity index (χ2n) is 5.51. The highest BCUT2D eigenvalue weighted by molar-refractivity contribution is 5.37. The molecule has 3 heteroatoms. The first-order chi connectivity index (χ1) is 9.24. The van der Waals surface area contributed by atoms with Gasteiger partial charge in [-0.15, -0.1) is 0 Å². The van der Waals surface area contributed by atoms with E-state index in [1.54, 1.807) is 7.11 Å². The quantitative estimate of drug-likeness (QED) is 0.799. The van der Waals surface area contributed by atoms with Crippen LogP contribution >= 0.6 is 0 Å². The summed E-state index contributed by atoms with van der Waals surface area (Å²) in [5.74, 6) is 0.977. The van der Waals surface area contributed by atoms with E-state index in [9.17, 15) is 0 Å². The number of methoxy groups -OCH3 is 1. The third kappa shape index (κ3) is 3.71. The average molecular weight is 262 g/mol. The zero-order chi connectivity index (χ0) is 13.7. The summed E-state index contributed by atoms with van der Waals surface area (Å²) in [6.45, 7) is 1.96. The van der Waals surface area contributed by atoms with E-state index in [2.05, 4.69) is 30.1 Å². The summed E-state index contributed by atoms with van der Waals surface area (Å²) in [7, 11) is 3.98. The number of nitrogens with two attached hydrogens (primary N) is 1. The highest BCUT2D eigenvalue weighted by atomic mass is 16.5.